The molecule has 1 aromatic carbocycles. The molecule has 1 heterocycles. The van der Waals surface area contributed by atoms with E-state index in [1.807, 2.05) is 12.1 Å². The van der Waals surface area contributed by atoms with Crippen molar-refractivity contribution in [3.05, 3.63) is 48.3 Å². The molecule has 3 N–H and O–H groups in total. The van der Waals surface area contributed by atoms with Crippen molar-refractivity contribution in [2.24, 2.45) is 5.73 Å². The van der Waals surface area contributed by atoms with Gasteiger partial charge in [0.2, 0.25) is 5.95 Å². The van der Waals surface area contributed by atoms with Gasteiger partial charge in [0, 0.05) is 18.1 Å². The third-order valence-electron chi connectivity index (χ3n) is 2.21. The van der Waals surface area contributed by atoms with Crippen LogP contribution in [0.25, 0.3) is 0 Å². The van der Waals surface area contributed by atoms with E-state index >= 15 is 0 Å². The van der Waals surface area contributed by atoms with Crippen molar-refractivity contribution in [1.82, 2.24) is 9.97 Å². The second-order valence-electron chi connectivity index (χ2n) is 3.43. The molecule has 4 nitrogen and oxygen atoms in total. The number of hydrogen-bond acceptors (Lipinski definition) is 4. The van der Waals surface area contributed by atoms with Crippen LogP contribution in [0.5, 0.6) is 0 Å². The molecule has 0 aliphatic rings. The Bertz CT molecular complexity index is 425. The van der Waals surface area contributed by atoms with Gasteiger partial charge in [0.05, 0.1) is 0 Å². The Balaban J connectivity index is 2.05. The van der Waals surface area contributed by atoms with Crippen molar-refractivity contribution in [3.63, 3.8) is 0 Å². The van der Waals surface area contributed by atoms with E-state index in [1.165, 1.54) is 5.56 Å². The Morgan fingerprint density at radius 1 is 1.06 bits per heavy atom. The number of rotatable bonds is 4. The maximum atomic E-state index is 5.49. The topological polar surface area (TPSA) is 63.8 Å². The Hall–Kier alpha value is -1.94. The first-order chi connectivity index (χ1) is 7.88. The minimum Gasteiger partial charge on any atom is -0.330 e. The SMILES string of the molecule is NCCc1ccc(Nc2ncccn2)cc1. The van der Waals surface area contributed by atoms with E-state index in [4.69, 9.17) is 5.73 Å². The monoisotopic (exact) mass is 214 g/mol. The highest BCUT2D eigenvalue weighted by Gasteiger charge is 1.96. The first kappa shape index (κ1) is 10.6. The van der Waals surface area contributed by atoms with Gasteiger partial charge in [-0.1, -0.05) is 12.1 Å². The predicted octanol–water partition coefficient (Wildman–Crippen LogP) is 1.72. The average molecular weight is 214 g/mol. The molecule has 0 aliphatic carbocycles. The van der Waals surface area contributed by atoms with Gasteiger partial charge in [0.15, 0.2) is 0 Å². The smallest absolute Gasteiger partial charge is 0.227 e. The minimum atomic E-state index is 0.606. The van der Waals surface area contributed by atoms with Crippen LogP contribution in [-0.4, -0.2) is 16.5 Å². The van der Waals surface area contributed by atoms with Crippen molar-refractivity contribution < 1.29 is 0 Å². The van der Waals surface area contributed by atoms with E-state index < -0.39 is 0 Å². The fourth-order valence-electron chi connectivity index (χ4n) is 1.41. The molecule has 0 bridgehead atoms. The molecular weight excluding hydrogens is 200 g/mol. The van der Waals surface area contributed by atoms with Crippen LogP contribution in [0, 0.1) is 0 Å². The third-order valence-corrected chi connectivity index (χ3v) is 2.21. The molecule has 2 rings (SSSR count). The van der Waals surface area contributed by atoms with E-state index in [1.54, 1.807) is 18.5 Å². The van der Waals surface area contributed by atoms with Crippen LogP contribution in [0.3, 0.4) is 0 Å². The van der Waals surface area contributed by atoms with E-state index in [0.717, 1.165) is 12.1 Å². The van der Waals surface area contributed by atoms with Crippen molar-refractivity contribution in [1.29, 1.82) is 0 Å². The first-order valence-electron chi connectivity index (χ1n) is 5.21. The van der Waals surface area contributed by atoms with Gasteiger partial charge in [0.25, 0.3) is 0 Å². The van der Waals surface area contributed by atoms with Crippen LogP contribution >= 0.6 is 0 Å². The summed E-state index contributed by atoms with van der Waals surface area (Å²) in [4.78, 5) is 8.18. The summed E-state index contributed by atoms with van der Waals surface area (Å²) in [5, 5.41) is 3.12. The molecule has 0 saturated carbocycles. The normalized spacial score (nSPS) is 10.1. The molecule has 2 aromatic rings. The van der Waals surface area contributed by atoms with Crippen LogP contribution in [-0.2, 0) is 6.42 Å². The number of hydrogen-bond donors (Lipinski definition) is 2. The second-order valence-corrected chi connectivity index (χ2v) is 3.43. The lowest BCUT2D eigenvalue weighted by atomic mass is 10.1. The van der Waals surface area contributed by atoms with E-state index in [0.29, 0.717) is 12.5 Å². The lowest BCUT2D eigenvalue weighted by Gasteiger charge is -2.05. The molecule has 0 radical (unpaired) electrons. The molecule has 0 unspecified atom stereocenters. The molecule has 0 spiro atoms. The lowest BCUT2D eigenvalue weighted by molar-refractivity contribution is 0.969. The van der Waals surface area contributed by atoms with Crippen molar-refractivity contribution >= 4 is 11.6 Å². The number of benzene rings is 1. The predicted molar refractivity (Wildman–Crippen MR) is 64.5 cm³/mol. The average Bonchev–Trinajstić information content (AvgIpc) is 2.33. The summed E-state index contributed by atoms with van der Waals surface area (Å²) in [7, 11) is 0. The number of nitrogens with two attached hydrogens (primary N) is 1. The van der Waals surface area contributed by atoms with Gasteiger partial charge >= 0.3 is 0 Å². The van der Waals surface area contributed by atoms with E-state index in [-0.39, 0.29) is 0 Å². The number of aromatic nitrogens is 2. The highest BCUT2D eigenvalue weighted by atomic mass is 15.1. The molecule has 0 atom stereocenters. The first-order valence-corrected chi connectivity index (χ1v) is 5.21. The second kappa shape index (κ2) is 5.23. The van der Waals surface area contributed by atoms with Crippen LogP contribution in [0.1, 0.15) is 5.56 Å². The highest BCUT2D eigenvalue weighted by Crippen LogP contribution is 2.13. The zero-order valence-electron chi connectivity index (χ0n) is 8.93. The van der Waals surface area contributed by atoms with Crippen LogP contribution in [0.4, 0.5) is 11.6 Å². The molecule has 0 aliphatic heterocycles. The van der Waals surface area contributed by atoms with Crippen LogP contribution < -0.4 is 11.1 Å². The van der Waals surface area contributed by atoms with Crippen molar-refractivity contribution in [3.8, 4) is 0 Å². The molecule has 1 aromatic heterocycles. The van der Waals surface area contributed by atoms with E-state index in [9.17, 15) is 0 Å². The minimum absolute atomic E-state index is 0.606. The van der Waals surface area contributed by atoms with Gasteiger partial charge in [-0.05, 0) is 36.7 Å². The van der Waals surface area contributed by atoms with Gasteiger partial charge in [-0.25, -0.2) is 9.97 Å². The third kappa shape index (κ3) is 2.77. The van der Waals surface area contributed by atoms with Gasteiger partial charge in [0.1, 0.15) is 0 Å². The molecule has 16 heavy (non-hydrogen) atoms. The Morgan fingerprint density at radius 2 is 1.75 bits per heavy atom. The van der Waals surface area contributed by atoms with Crippen LogP contribution in [0.2, 0.25) is 0 Å². The Labute approximate surface area is 94.5 Å². The molecule has 4 heteroatoms. The number of anilines is 2. The summed E-state index contributed by atoms with van der Waals surface area (Å²) in [5.41, 5.74) is 7.70. The molecule has 0 fully saturated rings. The summed E-state index contributed by atoms with van der Waals surface area (Å²) in [6, 6.07) is 9.90. The largest absolute Gasteiger partial charge is 0.330 e. The molecule has 82 valence electrons. The Kier molecular flexibility index (Phi) is 3.46. The van der Waals surface area contributed by atoms with Gasteiger partial charge in [-0.2, -0.15) is 0 Å². The Morgan fingerprint density at radius 3 is 2.38 bits per heavy atom. The van der Waals surface area contributed by atoms with Gasteiger partial charge in [-0.3, -0.25) is 0 Å². The molecular formula is C12H14N4. The zero-order chi connectivity index (χ0) is 11.2. The summed E-state index contributed by atoms with van der Waals surface area (Å²) in [5.74, 6) is 0.606. The zero-order valence-corrected chi connectivity index (χ0v) is 8.93. The maximum absolute atomic E-state index is 5.49. The standard InChI is InChI=1S/C12H14N4/c13-7-6-10-2-4-11(5-3-10)16-12-14-8-1-9-15-12/h1-5,8-9H,6-7,13H2,(H,14,15,16). The number of nitrogens with one attached hydrogen (secondary N) is 1. The summed E-state index contributed by atoms with van der Waals surface area (Å²) < 4.78 is 0. The van der Waals surface area contributed by atoms with E-state index in [2.05, 4.69) is 27.4 Å². The van der Waals surface area contributed by atoms with Crippen molar-refractivity contribution in [2.45, 2.75) is 6.42 Å². The molecule has 0 amide bonds. The lowest BCUT2D eigenvalue weighted by Crippen LogP contribution is -2.02. The summed E-state index contributed by atoms with van der Waals surface area (Å²) in [6.45, 7) is 0.675. The fourth-order valence-corrected chi connectivity index (χ4v) is 1.41. The van der Waals surface area contributed by atoms with Crippen LogP contribution in [0.15, 0.2) is 42.7 Å². The van der Waals surface area contributed by atoms with Gasteiger partial charge < -0.3 is 11.1 Å². The number of nitrogens with zero attached hydrogens (tertiary/aromatic N) is 2. The highest BCUT2D eigenvalue weighted by molar-refractivity contribution is 5.53. The summed E-state index contributed by atoms with van der Waals surface area (Å²) in [6.07, 6.45) is 4.32. The quantitative estimate of drug-likeness (QED) is 0.813. The molecule has 0 saturated heterocycles. The fraction of sp³-hybridized carbons (Fsp3) is 0.167. The van der Waals surface area contributed by atoms with Gasteiger partial charge in [-0.15, -0.1) is 0 Å². The van der Waals surface area contributed by atoms with Crippen molar-refractivity contribution in [2.75, 3.05) is 11.9 Å². The summed E-state index contributed by atoms with van der Waals surface area (Å²) >= 11 is 0. The maximum Gasteiger partial charge on any atom is 0.227 e.